The van der Waals surface area contributed by atoms with Crippen molar-refractivity contribution in [2.45, 2.75) is 26.3 Å². The standard InChI is InChI=1S/C13H23N5O/c1-10-14-15-12(17(10)4)9-18-7-5-6-11(8-18)13(19)16(2)3/h11H,5-9H2,1-4H3. The highest BCUT2D eigenvalue weighted by molar-refractivity contribution is 5.78. The number of carbonyl (C=O) groups excluding carboxylic acids is 1. The molecule has 1 saturated heterocycles. The number of rotatable bonds is 3. The van der Waals surface area contributed by atoms with E-state index in [4.69, 9.17) is 0 Å². The Bertz CT molecular complexity index is 454. The average molecular weight is 265 g/mol. The quantitative estimate of drug-likeness (QED) is 0.795. The molecule has 0 radical (unpaired) electrons. The highest BCUT2D eigenvalue weighted by atomic mass is 16.2. The minimum atomic E-state index is 0.123. The number of aromatic nitrogens is 3. The van der Waals surface area contributed by atoms with Crippen molar-refractivity contribution in [1.29, 1.82) is 0 Å². The zero-order valence-corrected chi connectivity index (χ0v) is 12.3. The molecule has 6 heteroatoms. The fourth-order valence-corrected chi connectivity index (χ4v) is 2.55. The lowest BCUT2D eigenvalue weighted by atomic mass is 9.97. The Kier molecular flexibility index (Phi) is 4.19. The Labute approximate surface area is 114 Å². The van der Waals surface area contributed by atoms with E-state index in [1.165, 1.54) is 0 Å². The predicted molar refractivity (Wildman–Crippen MR) is 72.4 cm³/mol. The Balaban J connectivity index is 1.98. The molecule has 2 heterocycles. The van der Waals surface area contributed by atoms with Gasteiger partial charge in [-0.25, -0.2) is 0 Å². The SMILES string of the molecule is Cc1nnc(CN2CCCC(C(=O)N(C)C)C2)n1C. The second kappa shape index (κ2) is 5.69. The van der Waals surface area contributed by atoms with E-state index in [9.17, 15) is 4.79 Å². The van der Waals surface area contributed by atoms with Gasteiger partial charge in [-0.2, -0.15) is 0 Å². The third-order valence-corrected chi connectivity index (χ3v) is 3.84. The molecular formula is C13H23N5O. The number of nitrogens with zero attached hydrogens (tertiary/aromatic N) is 5. The molecule has 1 amide bonds. The number of hydrogen-bond acceptors (Lipinski definition) is 4. The van der Waals surface area contributed by atoms with E-state index in [-0.39, 0.29) is 11.8 Å². The monoisotopic (exact) mass is 265 g/mol. The van der Waals surface area contributed by atoms with Crippen molar-refractivity contribution in [3.05, 3.63) is 11.6 Å². The first-order valence-corrected chi connectivity index (χ1v) is 6.77. The molecule has 106 valence electrons. The first-order chi connectivity index (χ1) is 8.99. The van der Waals surface area contributed by atoms with Crippen LogP contribution in [0.25, 0.3) is 0 Å². The van der Waals surface area contributed by atoms with E-state index >= 15 is 0 Å². The van der Waals surface area contributed by atoms with Crippen LogP contribution in [0.15, 0.2) is 0 Å². The van der Waals surface area contributed by atoms with Gasteiger partial charge in [0.2, 0.25) is 5.91 Å². The molecule has 1 aliphatic rings. The lowest BCUT2D eigenvalue weighted by molar-refractivity contribution is -0.134. The van der Waals surface area contributed by atoms with Gasteiger partial charge in [-0.05, 0) is 26.3 Å². The van der Waals surface area contributed by atoms with Gasteiger partial charge in [0.05, 0.1) is 12.5 Å². The molecule has 1 aromatic rings. The van der Waals surface area contributed by atoms with Crippen LogP contribution in [0, 0.1) is 12.8 Å². The molecular weight excluding hydrogens is 242 g/mol. The van der Waals surface area contributed by atoms with Crippen molar-refractivity contribution in [2.75, 3.05) is 27.2 Å². The molecule has 2 rings (SSSR count). The molecule has 1 aromatic heterocycles. The zero-order valence-electron chi connectivity index (χ0n) is 12.3. The first-order valence-electron chi connectivity index (χ1n) is 6.77. The molecule has 1 unspecified atom stereocenters. The maximum atomic E-state index is 12.0. The van der Waals surface area contributed by atoms with E-state index in [2.05, 4.69) is 15.1 Å². The number of likely N-dealkylation sites (tertiary alicyclic amines) is 1. The number of piperidine rings is 1. The molecule has 0 aliphatic carbocycles. The van der Waals surface area contributed by atoms with Gasteiger partial charge in [0.25, 0.3) is 0 Å². The molecule has 0 spiro atoms. The van der Waals surface area contributed by atoms with Crippen LogP contribution in [0.4, 0.5) is 0 Å². The second-order valence-corrected chi connectivity index (χ2v) is 5.53. The van der Waals surface area contributed by atoms with E-state index in [0.29, 0.717) is 0 Å². The highest BCUT2D eigenvalue weighted by Gasteiger charge is 2.27. The minimum absolute atomic E-state index is 0.123. The maximum absolute atomic E-state index is 12.0. The highest BCUT2D eigenvalue weighted by Crippen LogP contribution is 2.19. The number of hydrogen-bond donors (Lipinski definition) is 0. The first kappa shape index (κ1) is 14.0. The largest absolute Gasteiger partial charge is 0.349 e. The second-order valence-electron chi connectivity index (χ2n) is 5.53. The zero-order chi connectivity index (χ0) is 14.0. The van der Waals surface area contributed by atoms with Crippen LogP contribution in [0.3, 0.4) is 0 Å². The smallest absolute Gasteiger partial charge is 0.226 e. The Morgan fingerprint density at radius 1 is 1.42 bits per heavy atom. The van der Waals surface area contributed by atoms with Gasteiger partial charge < -0.3 is 9.47 Å². The van der Waals surface area contributed by atoms with Gasteiger partial charge in [-0.15, -0.1) is 10.2 Å². The van der Waals surface area contributed by atoms with Gasteiger partial charge in [-0.1, -0.05) is 0 Å². The van der Waals surface area contributed by atoms with Crippen molar-refractivity contribution < 1.29 is 4.79 Å². The molecule has 6 nitrogen and oxygen atoms in total. The molecule has 19 heavy (non-hydrogen) atoms. The van der Waals surface area contributed by atoms with Crippen molar-refractivity contribution in [2.24, 2.45) is 13.0 Å². The van der Waals surface area contributed by atoms with Gasteiger partial charge >= 0.3 is 0 Å². The van der Waals surface area contributed by atoms with Crippen LogP contribution in [0.5, 0.6) is 0 Å². The molecule has 1 atom stereocenters. The summed E-state index contributed by atoms with van der Waals surface area (Å²) < 4.78 is 2.01. The summed E-state index contributed by atoms with van der Waals surface area (Å²) in [5.41, 5.74) is 0. The van der Waals surface area contributed by atoms with Gasteiger partial charge in [0, 0.05) is 27.7 Å². The van der Waals surface area contributed by atoms with Gasteiger partial charge in [0.1, 0.15) is 11.6 Å². The molecule has 0 aromatic carbocycles. The van der Waals surface area contributed by atoms with Crippen molar-refractivity contribution >= 4 is 5.91 Å². The van der Waals surface area contributed by atoms with Crippen LogP contribution in [0.2, 0.25) is 0 Å². The van der Waals surface area contributed by atoms with Crippen LogP contribution in [0.1, 0.15) is 24.5 Å². The predicted octanol–water partition coefficient (Wildman–Crippen LogP) is 0.424. The number of aryl methyl sites for hydroxylation is 1. The summed E-state index contributed by atoms with van der Waals surface area (Å²) in [6.45, 7) is 4.58. The van der Waals surface area contributed by atoms with Crippen LogP contribution >= 0.6 is 0 Å². The van der Waals surface area contributed by atoms with E-state index < -0.39 is 0 Å². The molecule has 0 bridgehead atoms. The molecule has 1 aliphatic heterocycles. The maximum Gasteiger partial charge on any atom is 0.226 e. The van der Waals surface area contributed by atoms with E-state index in [1.807, 2.05) is 32.6 Å². The summed E-state index contributed by atoms with van der Waals surface area (Å²) >= 11 is 0. The van der Waals surface area contributed by atoms with Crippen molar-refractivity contribution in [3.63, 3.8) is 0 Å². The lowest BCUT2D eigenvalue weighted by Gasteiger charge is -2.32. The third-order valence-electron chi connectivity index (χ3n) is 3.84. The average Bonchev–Trinajstić information content (AvgIpc) is 2.70. The fraction of sp³-hybridized carbons (Fsp3) is 0.769. The lowest BCUT2D eigenvalue weighted by Crippen LogP contribution is -2.42. The van der Waals surface area contributed by atoms with Gasteiger partial charge in [0.15, 0.2) is 0 Å². The van der Waals surface area contributed by atoms with Crippen molar-refractivity contribution in [3.8, 4) is 0 Å². The molecule has 0 saturated carbocycles. The summed E-state index contributed by atoms with van der Waals surface area (Å²) in [6.07, 6.45) is 2.06. The van der Waals surface area contributed by atoms with Crippen LogP contribution < -0.4 is 0 Å². The van der Waals surface area contributed by atoms with E-state index in [1.54, 1.807) is 4.90 Å². The van der Waals surface area contributed by atoms with Crippen LogP contribution in [-0.4, -0.2) is 57.7 Å². The Morgan fingerprint density at radius 3 is 2.74 bits per heavy atom. The van der Waals surface area contributed by atoms with E-state index in [0.717, 1.165) is 44.1 Å². The number of carbonyl (C=O) groups is 1. The topological polar surface area (TPSA) is 54.3 Å². The Morgan fingerprint density at radius 2 is 2.16 bits per heavy atom. The summed E-state index contributed by atoms with van der Waals surface area (Å²) in [7, 11) is 5.64. The fourth-order valence-electron chi connectivity index (χ4n) is 2.55. The Hall–Kier alpha value is -1.43. The molecule has 0 N–H and O–H groups in total. The number of amides is 1. The third kappa shape index (κ3) is 3.12. The molecule has 1 fully saturated rings. The van der Waals surface area contributed by atoms with Crippen molar-refractivity contribution in [1.82, 2.24) is 24.6 Å². The van der Waals surface area contributed by atoms with Crippen LogP contribution in [-0.2, 0) is 18.4 Å². The van der Waals surface area contributed by atoms with Gasteiger partial charge in [-0.3, -0.25) is 9.69 Å². The minimum Gasteiger partial charge on any atom is -0.349 e. The summed E-state index contributed by atoms with van der Waals surface area (Å²) in [5, 5.41) is 8.27. The summed E-state index contributed by atoms with van der Waals surface area (Å²) in [6, 6.07) is 0. The normalized spacial score (nSPS) is 20.5. The summed E-state index contributed by atoms with van der Waals surface area (Å²) in [4.78, 5) is 16.0. The summed E-state index contributed by atoms with van der Waals surface area (Å²) in [5.74, 6) is 2.25.